The van der Waals surface area contributed by atoms with Gasteiger partial charge in [-0.1, -0.05) is 19.9 Å². The minimum Gasteiger partial charge on any atom is -0.392 e. The molecule has 0 spiro atoms. The van der Waals surface area contributed by atoms with Gasteiger partial charge in [0.05, 0.1) is 6.10 Å². The van der Waals surface area contributed by atoms with E-state index < -0.39 is 6.10 Å². The first-order valence-corrected chi connectivity index (χ1v) is 3.81. The highest BCUT2D eigenvalue weighted by Gasteiger charge is 2.21. The number of aliphatic hydroxyl groups excluding tert-OH is 1. The second-order valence-corrected chi connectivity index (χ2v) is 2.98. The van der Waals surface area contributed by atoms with Crippen LogP contribution in [0.3, 0.4) is 0 Å². The fourth-order valence-corrected chi connectivity index (χ4v) is 0.835. The predicted molar refractivity (Wildman–Crippen MR) is 45.2 cm³/mol. The number of hydrogen-bond acceptors (Lipinski definition) is 2. The fourth-order valence-electron chi connectivity index (χ4n) is 0.835. The lowest BCUT2D eigenvalue weighted by Gasteiger charge is -2.19. The first-order valence-electron chi connectivity index (χ1n) is 3.81. The fraction of sp³-hybridized carbons (Fsp3) is 0.667. The summed E-state index contributed by atoms with van der Waals surface area (Å²) in [4.78, 5) is 10.8. The summed E-state index contributed by atoms with van der Waals surface area (Å²) in [5.74, 6) is -0.289. The monoisotopic (exact) mass is 156 g/mol. The molecule has 0 aromatic rings. The lowest BCUT2D eigenvalue weighted by Crippen LogP contribution is -2.28. The summed E-state index contributed by atoms with van der Waals surface area (Å²) in [7, 11) is 0. The quantitative estimate of drug-likeness (QED) is 0.624. The van der Waals surface area contributed by atoms with Gasteiger partial charge in [-0.3, -0.25) is 4.79 Å². The minimum absolute atomic E-state index is 0.0195. The summed E-state index contributed by atoms with van der Waals surface area (Å²) < 4.78 is 0. The Morgan fingerprint density at radius 3 is 2.27 bits per heavy atom. The average molecular weight is 156 g/mol. The summed E-state index contributed by atoms with van der Waals surface area (Å²) in [6.07, 6.45) is 1.06. The normalized spacial score (nSPS) is 18.5. The Bertz CT molecular complexity index is 152. The van der Waals surface area contributed by atoms with Gasteiger partial charge in [-0.25, -0.2) is 0 Å². The Hall–Kier alpha value is -0.630. The van der Waals surface area contributed by atoms with Crippen molar-refractivity contribution in [3.8, 4) is 0 Å². The van der Waals surface area contributed by atoms with Gasteiger partial charge in [0.2, 0.25) is 0 Å². The number of rotatable bonds is 4. The third kappa shape index (κ3) is 2.85. The zero-order valence-electron chi connectivity index (χ0n) is 7.37. The van der Waals surface area contributed by atoms with E-state index in [2.05, 4.69) is 6.58 Å². The lowest BCUT2D eigenvalue weighted by molar-refractivity contribution is -0.124. The lowest BCUT2D eigenvalue weighted by atomic mass is 9.91. The number of Topliss-reactive ketones (excluding diaryl/α,β-unsaturated/α-hetero) is 1. The number of ketones is 1. The van der Waals surface area contributed by atoms with Crippen LogP contribution in [-0.4, -0.2) is 17.0 Å². The van der Waals surface area contributed by atoms with Crippen molar-refractivity contribution in [3.05, 3.63) is 12.7 Å². The average Bonchev–Trinajstić information content (AvgIpc) is 2.00. The van der Waals surface area contributed by atoms with E-state index in [1.165, 1.54) is 6.92 Å². The highest BCUT2D eigenvalue weighted by molar-refractivity contribution is 5.78. The van der Waals surface area contributed by atoms with Gasteiger partial charge < -0.3 is 5.11 Å². The third-order valence-corrected chi connectivity index (χ3v) is 2.06. The van der Waals surface area contributed by atoms with E-state index in [4.69, 9.17) is 0 Å². The van der Waals surface area contributed by atoms with Gasteiger partial charge in [-0.05, 0) is 6.92 Å². The largest absolute Gasteiger partial charge is 0.392 e. The molecule has 0 unspecified atom stereocenters. The second-order valence-electron chi connectivity index (χ2n) is 2.98. The van der Waals surface area contributed by atoms with Crippen molar-refractivity contribution < 1.29 is 9.90 Å². The maximum absolute atomic E-state index is 10.8. The van der Waals surface area contributed by atoms with E-state index >= 15 is 0 Å². The Morgan fingerprint density at radius 2 is 2.00 bits per heavy atom. The summed E-state index contributed by atoms with van der Waals surface area (Å²) in [6, 6.07) is 0. The summed E-state index contributed by atoms with van der Waals surface area (Å²) in [5, 5.41) is 9.46. The van der Waals surface area contributed by atoms with Crippen LogP contribution >= 0.6 is 0 Å². The molecule has 0 rings (SSSR count). The molecule has 3 atom stereocenters. The maximum Gasteiger partial charge on any atom is 0.135 e. The van der Waals surface area contributed by atoms with E-state index in [0.717, 1.165) is 0 Å². The van der Waals surface area contributed by atoms with Crippen molar-refractivity contribution in [2.75, 3.05) is 0 Å². The molecule has 1 N–H and O–H groups in total. The number of aliphatic hydroxyl groups is 1. The molecule has 0 fully saturated rings. The van der Waals surface area contributed by atoms with Gasteiger partial charge >= 0.3 is 0 Å². The van der Waals surface area contributed by atoms with Crippen molar-refractivity contribution in [1.29, 1.82) is 0 Å². The Kier molecular flexibility index (Phi) is 4.04. The van der Waals surface area contributed by atoms with Crippen LogP contribution in [-0.2, 0) is 4.79 Å². The molecule has 2 nitrogen and oxygen atoms in total. The number of carbonyl (C=O) groups is 1. The van der Waals surface area contributed by atoms with Gasteiger partial charge in [-0.2, -0.15) is 0 Å². The molecule has 0 heterocycles. The molecule has 0 aromatic heterocycles. The van der Waals surface area contributed by atoms with Crippen LogP contribution < -0.4 is 0 Å². The van der Waals surface area contributed by atoms with Crippen molar-refractivity contribution in [3.63, 3.8) is 0 Å². The van der Waals surface area contributed by atoms with Crippen LogP contribution in [0.5, 0.6) is 0 Å². The molecule has 2 heteroatoms. The van der Waals surface area contributed by atoms with Crippen LogP contribution in [0, 0.1) is 11.8 Å². The van der Waals surface area contributed by atoms with Gasteiger partial charge in [0.1, 0.15) is 5.78 Å². The molecule has 0 aliphatic carbocycles. The maximum atomic E-state index is 10.8. The SMILES string of the molecule is C=C[C@H](C)[C@@H](O)[C@H](C)C(C)=O. The second kappa shape index (κ2) is 4.29. The minimum atomic E-state index is -0.593. The van der Waals surface area contributed by atoms with Gasteiger partial charge in [-0.15, -0.1) is 6.58 Å². The molecule has 0 amide bonds. The first-order chi connectivity index (χ1) is 5.00. The van der Waals surface area contributed by atoms with Crippen molar-refractivity contribution in [1.82, 2.24) is 0 Å². The van der Waals surface area contributed by atoms with Crippen molar-refractivity contribution >= 4 is 5.78 Å². The molecule has 0 bridgehead atoms. The Labute approximate surface area is 67.9 Å². The zero-order valence-corrected chi connectivity index (χ0v) is 7.37. The van der Waals surface area contributed by atoms with Crippen molar-refractivity contribution in [2.45, 2.75) is 26.9 Å². The van der Waals surface area contributed by atoms with Gasteiger partial charge in [0.15, 0.2) is 0 Å². The van der Waals surface area contributed by atoms with E-state index in [-0.39, 0.29) is 17.6 Å². The van der Waals surface area contributed by atoms with Crippen LogP contribution in [0.1, 0.15) is 20.8 Å². The molecule has 0 aliphatic rings. The molecule has 0 saturated carbocycles. The molecule has 64 valence electrons. The first kappa shape index (κ1) is 10.4. The van der Waals surface area contributed by atoms with Gasteiger partial charge in [0.25, 0.3) is 0 Å². The molecule has 11 heavy (non-hydrogen) atoms. The van der Waals surface area contributed by atoms with E-state index in [1.54, 1.807) is 13.0 Å². The summed E-state index contributed by atoms with van der Waals surface area (Å²) >= 11 is 0. The smallest absolute Gasteiger partial charge is 0.135 e. The molecular weight excluding hydrogens is 140 g/mol. The number of hydrogen-bond donors (Lipinski definition) is 1. The van der Waals surface area contributed by atoms with Crippen LogP contribution in [0.25, 0.3) is 0 Å². The highest BCUT2D eigenvalue weighted by Crippen LogP contribution is 2.14. The topological polar surface area (TPSA) is 37.3 Å². The van der Waals surface area contributed by atoms with Crippen LogP contribution in [0.2, 0.25) is 0 Å². The molecule has 0 saturated heterocycles. The van der Waals surface area contributed by atoms with Gasteiger partial charge in [0, 0.05) is 11.8 Å². The summed E-state index contributed by atoms with van der Waals surface area (Å²) in [5.41, 5.74) is 0. The predicted octanol–water partition coefficient (Wildman–Crippen LogP) is 1.39. The third-order valence-electron chi connectivity index (χ3n) is 2.06. The van der Waals surface area contributed by atoms with E-state index in [0.29, 0.717) is 0 Å². The molecule has 0 aliphatic heterocycles. The molecule has 0 aromatic carbocycles. The standard InChI is InChI=1S/C9H16O2/c1-5-6(2)9(11)7(3)8(4)10/h5-7,9,11H,1H2,2-4H3/t6-,7+,9+/m0/s1. The molecular formula is C9H16O2. The Morgan fingerprint density at radius 1 is 1.55 bits per heavy atom. The van der Waals surface area contributed by atoms with Crippen LogP contribution in [0.4, 0.5) is 0 Å². The number of carbonyl (C=O) groups excluding carboxylic acids is 1. The summed E-state index contributed by atoms with van der Waals surface area (Å²) in [6.45, 7) is 8.62. The van der Waals surface area contributed by atoms with Crippen molar-refractivity contribution in [2.24, 2.45) is 11.8 Å². The Balaban J connectivity index is 4.11. The van der Waals surface area contributed by atoms with E-state index in [1.807, 2.05) is 6.92 Å². The van der Waals surface area contributed by atoms with Crippen LogP contribution in [0.15, 0.2) is 12.7 Å². The molecule has 0 radical (unpaired) electrons. The van der Waals surface area contributed by atoms with E-state index in [9.17, 15) is 9.90 Å². The highest BCUT2D eigenvalue weighted by atomic mass is 16.3. The zero-order chi connectivity index (χ0) is 9.02.